The standard InChI is InChI=1S/C23H30ClN3O2/c1-6-16(3)27(22(28)7-2)15-17-14-18(12-13-21(17)26(4)5)25-23(29)19-10-8-9-11-20(19)24/h8-14,16H,6-7,15H2,1-5H3,(H,25,29). The van der Waals surface area contributed by atoms with Crippen LogP contribution in [0.25, 0.3) is 0 Å². The van der Waals surface area contributed by atoms with Crippen LogP contribution in [0.15, 0.2) is 42.5 Å². The third-order valence-electron chi connectivity index (χ3n) is 5.02. The van der Waals surface area contributed by atoms with Crippen LogP contribution < -0.4 is 10.2 Å². The molecule has 0 aliphatic rings. The Bertz CT molecular complexity index is 867. The first kappa shape index (κ1) is 22.8. The predicted octanol–water partition coefficient (Wildman–Crippen LogP) is 5.20. The lowest BCUT2D eigenvalue weighted by Gasteiger charge is -2.30. The van der Waals surface area contributed by atoms with Crippen molar-refractivity contribution in [2.75, 3.05) is 24.3 Å². The van der Waals surface area contributed by atoms with Gasteiger partial charge in [-0.1, -0.05) is 37.6 Å². The highest BCUT2D eigenvalue weighted by atomic mass is 35.5. The first-order valence-corrected chi connectivity index (χ1v) is 10.3. The van der Waals surface area contributed by atoms with E-state index in [0.29, 0.717) is 29.2 Å². The average Bonchev–Trinajstić information content (AvgIpc) is 2.71. The van der Waals surface area contributed by atoms with E-state index < -0.39 is 0 Å². The lowest BCUT2D eigenvalue weighted by molar-refractivity contribution is -0.133. The van der Waals surface area contributed by atoms with Gasteiger partial charge in [0.05, 0.1) is 10.6 Å². The zero-order chi connectivity index (χ0) is 21.6. The van der Waals surface area contributed by atoms with Crippen molar-refractivity contribution in [3.05, 3.63) is 58.6 Å². The van der Waals surface area contributed by atoms with Gasteiger partial charge in [0, 0.05) is 44.5 Å². The van der Waals surface area contributed by atoms with E-state index in [1.54, 1.807) is 24.3 Å². The maximum atomic E-state index is 12.6. The zero-order valence-corrected chi connectivity index (χ0v) is 18.6. The van der Waals surface area contributed by atoms with Crippen molar-refractivity contribution in [1.82, 2.24) is 4.90 Å². The molecule has 0 aliphatic carbocycles. The van der Waals surface area contributed by atoms with Gasteiger partial charge in [0.1, 0.15) is 0 Å². The number of benzene rings is 2. The molecule has 0 heterocycles. The summed E-state index contributed by atoms with van der Waals surface area (Å²) in [4.78, 5) is 29.1. The molecule has 6 heteroatoms. The molecule has 156 valence electrons. The summed E-state index contributed by atoms with van der Waals surface area (Å²) in [6, 6.07) is 12.8. The molecule has 0 bridgehead atoms. The Morgan fingerprint density at radius 2 is 1.79 bits per heavy atom. The van der Waals surface area contributed by atoms with E-state index in [1.165, 1.54) is 0 Å². The smallest absolute Gasteiger partial charge is 0.257 e. The molecule has 1 atom stereocenters. The quantitative estimate of drug-likeness (QED) is 0.645. The monoisotopic (exact) mass is 415 g/mol. The minimum Gasteiger partial charge on any atom is -0.377 e. The highest BCUT2D eigenvalue weighted by Gasteiger charge is 2.20. The molecule has 2 aromatic rings. The second-order valence-electron chi connectivity index (χ2n) is 7.30. The molecule has 29 heavy (non-hydrogen) atoms. The molecule has 0 aromatic heterocycles. The molecule has 0 radical (unpaired) electrons. The molecule has 1 unspecified atom stereocenters. The number of rotatable bonds is 8. The summed E-state index contributed by atoms with van der Waals surface area (Å²) in [7, 11) is 3.94. The number of amides is 2. The van der Waals surface area contributed by atoms with Crippen molar-refractivity contribution in [3.8, 4) is 0 Å². The summed E-state index contributed by atoms with van der Waals surface area (Å²) in [6.07, 6.45) is 1.34. The molecule has 2 aromatic carbocycles. The molecule has 0 saturated carbocycles. The van der Waals surface area contributed by atoms with Gasteiger partial charge in [-0.25, -0.2) is 0 Å². The van der Waals surface area contributed by atoms with E-state index in [4.69, 9.17) is 11.6 Å². The predicted molar refractivity (Wildman–Crippen MR) is 121 cm³/mol. The highest BCUT2D eigenvalue weighted by Crippen LogP contribution is 2.27. The number of anilines is 2. The van der Waals surface area contributed by atoms with Crippen molar-refractivity contribution in [1.29, 1.82) is 0 Å². The van der Waals surface area contributed by atoms with Crippen molar-refractivity contribution >= 4 is 34.8 Å². The topological polar surface area (TPSA) is 52.7 Å². The first-order valence-electron chi connectivity index (χ1n) is 9.94. The number of nitrogens with zero attached hydrogens (tertiary/aromatic N) is 2. The fourth-order valence-electron chi connectivity index (χ4n) is 3.17. The molecular weight excluding hydrogens is 386 g/mol. The molecule has 1 N–H and O–H groups in total. The first-order chi connectivity index (χ1) is 13.8. The summed E-state index contributed by atoms with van der Waals surface area (Å²) in [5, 5.41) is 3.33. The van der Waals surface area contributed by atoms with Gasteiger partial charge in [-0.05, 0) is 49.2 Å². The SMILES string of the molecule is CCC(=O)N(Cc1cc(NC(=O)c2ccccc2Cl)ccc1N(C)C)C(C)CC. The molecule has 0 aliphatic heterocycles. The van der Waals surface area contributed by atoms with E-state index >= 15 is 0 Å². The van der Waals surface area contributed by atoms with Gasteiger partial charge in [-0.3, -0.25) is 9.59 Å². The minimum absolute atomic E-state index is 0.120. The second kappa shape index (κ2) is 10.3. The number of hydrogen-bond donors (Lipinski definition) is 1. The Hall–Kier alpha value is -2.53. The van der Waals surface area contributed by atoms with E-state index in [-0.39, 0.29) is 17.9 Å². The summed E-state index contributed by atoms with van der Waals surface area (Å²) in [6.45, 7) is 6.51. The normalized spacial score (nSPS) is 11.7. The Kier molecular flexibility index (Phi) is 8.09. The molecule has 2 amide bonds. The third-order valence-corrected chi connectivity index (χ3v) is 5.35. The average molecular weight is 416 g/mol. The van der Waals surface area contributed by atoms with Crippen LogP contribution in [0.5, 0.6) is 0 Å². The van der Waals surface area contributed by atoms with E-state index in [2.05, 4.69) is 19.2 Å². The van der Waals surface area contributed by atoms with Crippen LogP contribution in [0.2, 0.25) is 5.02 Å². The largest absolute Gasteiger partial charge is 0.377 e. The molecular formula is C23H30ClN3O2. The van der Waals surface area contributed by atoms with Crippen molar-refractivity contribution in [3.63, 3.8) is 0 Å². The van der Waals surface area contributed by atoms with Crippen LogP contribution in [0.1, 0.15) is 49.5 Å². The van der Waals surface area contributed by atoms with Crippen LogP contribution in [0.4, 0.5) is 11.4 Å². The van der Waals surface area contributed by atoms with Gasteiger partial charge in [-0.15, -0.1) is 0 Å². The number of halogens is 1. The highest BCUT2D eigenvalue weighted by molar-refractivity contribution is 6.34. The third kappa shape index (κ3) is 5.73. The van der Waals surface area contributed by atoms with Crippen molar-refractivity contribution in [2.24, 2.45) is 0 Å². The van der Waals surface area contributed by atoms with Gasteiger partial charge in [0.25, 0.3) is 5.91 Å². The summed E-state index contributed by atoms with van der Waals surface area (Å²) < 4.78 is 0. The molecule has 0 saturated heterocycles. The Morgan fingerprint density at radius 3 is 2.38 bits per heavy atom. The molecule has 2 rings (SSSR count). The van der Waals surface area contributed by atoms with Crippen LogP contribution in [0.3, 0.4) is 0 Å². The summed E-state index contributed by atoms with van der Waals surface area (Å²) >= 11 is 6.14. The maximum absolute atomic E-state index is 12.6. The van der Waals surface area contributed by atoms with Crippen LogP contribution in [-0.4, -0.2) is 36.9 Å². The lowest BCUT2D eigenvalue weighted by Crippen LogP contribution is -2.37. The Labute approximate surface area is 178 Å². The number of nitrogens with one attached hydrogen (secondary N) is 1. The number of carbonyl (C=O) groups excluding carboxylic acids is 2. The van der Waals surface area contributed by atoms with Gasteiger partial charge in [0.2, 0.25) is 5.91 Å². The zero-order valence-electron chi connectivity index (χ0n) is 17.8. The molecule has 5 nitrogen and oxygen atoms in total. The minimum atomic E-state index is -0.262. The van der Waals surface area contributed by atoms with Gasteiger partial charge in [0.15, 0.2) is 0 Å². The fraction of sp³-hybridized carbons (Fsp3) is 0.391. The number of hydrogen-bond acceptors (Lipinski definition) is 3. The maximum Gasteiger partial charge on any atom is 0.257 e. The van der Waals surface area contributed by atoms with Crippen molar-refractivity contribution < 1.29 is 9.59 Å². The van der Waals surface area contributed by atoms with Gasteiger partial charge < -0.3 is 15.1 Å². The lowest BCUT2D eigenvalue weighted by atomic mass is 10.1. The van der Waals surface area contributed by atoms with Crippen LogP contribution in [-0.2, 0) is 11.3 Å². The Morgan fingerprint density at radius 1 is 1.10 bits per heavy atom. The van der Waals surface area contributed by atoms with Crippen molar-refractivity contribution in [2.45, 2.75) is 46.2 Å². The Balaban J connectivity index is 2.34. The summed E-state index contributed by atoms with van der Waals surface area (Å²) in [5.41, 5.74) is 3.09. The van der Waals surface area contributed by atoms with Gasteiger partial charge >= 0.3 is 0 Å². The molecule has 0 fully saturated rings. The van der Waals surface area contributed by atoms with Gasteiger partial charge in [-0.2, -0.15) is 0 Å². The van der Waals surface area contributed by atoms with Crippen LogP contribution in [0, 0.1) is 0 Å². The fourth-order valence-corrected chi connectivity index (χ4v) is 3.39. The summed E-state index contributed by atoms with van der Waals surface area (Å²) in [5.74, 6) is -0.142. The van der Waals surface area contributed by atoms with E-state index in [0.717, 1.165) is 17.7 Å². The molecule has 0 spiro atoms. The second-order valence-corrected chi connectivity index (χ2v) is 7.71. The van der Waals surface area contributed by atoms with E-state index in [1.807, 2.05) is 49.0 Å². The number of carbonyl (C=O) groups is 2. The van der Waals surface area contributed by atoms with Crippen LogP contribution >= 0.6 is 11.6 Å². The van der Waals surface area contributed by atoms with E-state index in [9.17, 15) is 9.59 Å².